The van der Waals surface area contributed by atoms with Gasteiger partial charge in [0, 0.05) is 12.6 Å². The molecule has 3 heteroatoms. The number of nitrogens with zero attached hydrogens (tertiary/aromatic N) is 1. The van der Waals surface area contributed by atoms with Crippen molar-refractivity contribution in [3.05, 3.63) is 29.8 Å². The first-order valence-corrected chi connectivity index (χ1v) is 7.05. The molecule has 0 unspecified atom stereocenters. The summed E-state index contributed by atoms with van der Waals surface area (Å²) >= 11 is 0. The van der Waals surface area contributed by atoms with Gasteiger partial charge in [0.1, 0.15) is 5.75 Å². The minimum absolute atomic E-state index is 0.108. The molecule has 0 bridgehead atoms. The van der Waals surface area contributed by atoms with Crippen molar-refractivity contribution in [1.82, 2.24) is 4.90 Å². The number of rotatable bonds is 6. The Morgan fingerprint density at radius 2 is 1.95 bits per heavy atom. The zero-order chi connectivity index (χ0) is 13.8. The highest BCUT2D eigenvalue weighted by molar-refractivity contribution is 5.78. The van der Waals surface area contributed by atoms with E-state index in [0.29, 0.717) is 12.0 Å². The molecule has 1 amide bonds. The number of hydrogen-bond donors (Lipinski definition) is 0. The quantitative estimate of drug-likeness (QED) is 0.787. The van der Waals surface area contributed by atoms with Crippen molar-refractivity contribution >= 4 is 5.91 Å². The van der Waals surface area contributed by atoms with Crippen LogP contribution in [0.2, 0.25) is 0 Å². The van der Waals surface area contributed by atoms with Crippen LogP contribution in [0.5, 0.6) is 5.75 Å². The first kappa shape index (κ1) is 13.9. The summed E-state index contributed by atoms with van der Waals surface area (Å²) in [6.45, 7) is 7.30. The minimum atomic E-state index is 0.108. The van der Waals surface area contributed by atoms with Gasteiger partial charge in [-0.05, 0) is 37.8 Å². The van der Waals surface area contributed by atoms with Crippen molar-refractivity contribution in [3.63, 3.8) is 0 Å². The molecule has 2 rings (SSSR count). The molecule has 1 fully saturated rings. The van der Waals surface area contributed by atoms with Gasteiger partial charge in [0.05, 0.1) is 0 Å². The van der Waals surface area contributed by atoms with E-state index >= 15 is 0 Å². The molecule has 0 radical (unpaired) electrons. The lowest BCUT2D eigenvalue weighted by molar-refractivity contribution is -0.134. The number of carbonyl (C=O) groups is 1. The number of carbonyl (C=O) groups excluding carboxylic acids is 1. The second-order valence-electron chi connectivity index (χ2n) is 5.77. The Hall–Kier alpha value is -1.51. The fourth-order valence-corrected chi connectivity index (χ4v) is 2.10. The Balaban J connectivity index is 1.86. The van der Waals surface area contributed by atoms with Crippen molar-refractivity contribution in [3.8, 4) is 5.75 Å². The highest BCUT2D eigenvalue weighted by Crippen LogP contribution is 2.27. The summed E-state index contributed by atoms with van der Waals surface area (Å²) in [5.74, 6) is 1.37. The van der Waals surface area contributed by atoms with Gasteiger partial charge in [-0.1, -0.05) is 31.5 Å². The number of ether oxygens (including phenoxy) is 1. The van der Waals surface area contributed by atoms with Crippen molar-refractivity contribution in [2.24, 2.45) is 5.92 Å². The third kappa shape index (κ3) is 4.27. The van der Waals surface area contributed by atoms with E-state index in [1.807, 2.05) is 36.1 Å². The fraction of sp³-hybridized carbons (Fsp3) is 0.562. The second kappa shape index (κ2) is 6.09. The van der Waals surface area contributed by atoms with E-state index in [-0.39, 0.29) is 12.5 Å². The average molecular weight is 261 g/mol. The van der Waals surface area contributed by atoms with Gasteiger partial charge in [-0.15, -0.1) is 0 Å². The molecule has 1 aliphatic rings. The van der Waals surface area contributed by atoms with Crippen molar-refractivity contribution in [2.45, 2.75) is 39.7 Å². The smallest absolute Gasteiger partial charge is 0.260 e. The molecule has 19 heavy (non-hydrogen) atoms. The molecule has 104 valence electrons. The van der Waals surface area contributed by atoms with Gasteiger partial charge in [0.25, 0.3) is 5.91 Å². The molecule has 0 spiro atoms. The van der Waals surface area contributed by atoms with Gasteiger partial charge in [0.2, 0.25) is 0 Å². The molecule has 0 aromatic heterocycles. The van der Waals surface area contributed by atoms with E-state index in [2.05, 4.69) is 13.8 Å². The molecule has 0 atom stereocenters. The van der Waals surface area contributed by atoms with Gasteiger partial charge in [0.15, 0.2) is 6.61 Å². The lowest BCUT2D eigenvalue weighted by Crippen LogP contribution is -2.39. The molecule has 1 aromatic carbocycles. The van der Waals surface area contributed by atoms with Gasteiger partial charge >= 0.3 is 0 Å². The third-order valence-corrected chi connectivity index (χ3v) is 3.25. The number of amides is 1. The predicted octanol–water partition coefficient (Wildman–Crippen LogP) is 3.02. The number of aryl methyl sites for hydroxylation is 1. The largest absolute Gasteiger partial charge is 0.484 e. The van der Waals surface area contributed by atoms with E-state index < -0.39 is 0 Å². The molecular weight excluding hydrogens is 238 g/mol. The van der Waals surface area contributed by atoms with Crippen molar-refractivity contribution in [1.29, 1.82) is 0 Å². The van der Waals surface area contributed by atoms with Gasteiger partial charge in [-0.3, -0.25) is 4.79 Å². The summed E-state index contributed by atoms with van der Waals surface area (Å²) in [5.41, 5.74) is 1.19. The van der Waals surface area contributed by atoms with Crippen LogP contribution in [0.4, 0.5) is 0 Å². The highest BCUT2D eigenvalue weighted by atomic mass is 16.5. The van der Waals surface area contributed by atoms with Crippen LogP contribution >= 0.6 is 0 Å². The maximum absolute atomic E-state index is 12.2. The van der Waals surface area contributed by atoms with E-state index in [9.17, 15) is 4.79 Å². The van der Waals surface area contributed by atoms with Crippen LogP contribution in [0.15, 0.2) is 24.3 Å². The normalized spacial score (nSPS) is 14.5. The fourth-order valence-electron chi connectivity index (χ4n) is 2.10. The van der Waals surface area contributed by atoms with Crippen LogP contribution in [-0.4, -0.2) is 30.0 Å². The third-order valence-electron chi connectivity index (χ3n) is 3.25. The summed E-state index contributed by atoms with van der Waals surface area (Å²) in [7, 11) is 0. The molecular formula is C16H23NO2. The molecule has 0 aliphatic heterocycles. The zero-order valence-corrected chi connectivity index (χ0v) is 12.1. The van der Waals surface area contributed by atoms with Gasteiger partial charge < -0.3 is 9.64 Å². The maximum atomic E-state index is 12.2. The van der Waals surface area contributed by atoms with Crippen LogP contribution < -0.4 is 4.74 Å². The number of benzene rings is 1. The van der Waals surface area contributed by atoms with E-state index in [4.69, 9.17) is 4.74 Å². The summed E-state index contributed by atoms with van der Waals surface area (Å²) < 4.78 is 5.57. The molecule has 0 heterocycles. The summed E-state index contributed by atoms with van der Waals surface area (Å²) in [5, 5.41) is 0. The SMILES string of the molecule is Cc1ccc(OCC(=O)N(CC(C)C)C2CC2)cc1. The lowest BCUT2D eigenvalue weighted by Gasteiger charge is -2.24. The topological polar surface area (TPSA) is 29.5 Å². The molecule has 3 nitrogen and oxygen atoms in total. The predicted molar refractivity (Wildman–Crippen MR) is 76.2 cm³/mol. The molecule has 0 N–H and O–H groups in total. The van der Waals surface area contributed by atoms with Crippen LogP contribution in [0, 0.1) is 12.8 Å². The summed E-state index contributed by atoms with van der Waals surface area (Å²) in [6, 6.07) is 8.26. The monoisotopic (exact) mass is 261 g/mol. The summed E-state index contributed by atoms with van der Waals surface area (Å²) in [4.78, 5) is 14.2. The van der Waals surface area contributed by atoms with Crippen molar-refractivity contribution in [2.75, 3.05) is 13.2 Å². The first-order valence-electron chi connectivity index (χ1n) is 7.05. The molecule has 1 saturated carbocycles. The maximum Gasteiger partial charge on any atom is 0.260 e. The Bertz CT molecular complexity index is 421. The van der Waals surface area contributed by atoms with Gasteiger partial charge in [-0.2, -0.15) is 0 Å². The standard InChI is InChI=1S/C16H23NO2/c1-12(2)10-17(14-6-7-14)16(18)11-19-15-8-4-13(3)5-9-15/h4-5,8-9,12,14H,6-7,10-11H2,1-3H3. The van der Waals surface area contributed by atoms with Crippen LogP contribution in [0.3, 0.4) is 0 Å². The van der Waals surface area contributed by atoms with Gasteiger partial charge in [-0.25, -0.2) is 0 Å². The molecule has 0 saturated heterocycles. The van der Waals surface area contributed by atoms with E-state index in [0.717, 1.165) is 25.1 Å². The summed E-state index contributed by atoms with van der Waals surface area (Å²) in [6.07, 6.45) is 2.28. The van der Waals surface area contributed by atoms with Crippen LogP contribution in [0.25, 0.3) is 0 Å². The minimum Gasteiger partial charge on any atom is -0.484 e. The highest BCUT2D eigenvalue weighted by Gasteiger charge is 2.32. The van der Waals surface area contributed by atoms with E-state index in [1.165, 1.54) is 5.56 Å². The Labute approximate surface area is 115 Å². The zero-order valence-electron chi connectivity index (χ0n) is 12.1. The lowest BCUT2D eigenvalue weighted by atomic mass is 10.2. The Morgan fingerprint density at radius 3 is 2.47 bits per heavy atom. The molecule has 1 aliphatic carbocycles. The van der Waals surface area contributed by atoms with Crippen molar-refractivity contribution < 1.29 is 9.53 Å². The Morgan fingerprint density at radius 1 is 1.32 bits per heavy atom. The second-order valence-corrected chi connectivity index (χ2v) is 5.77. The number of hydrogen-bond acceptors (Lipinski definition) is 2. The van der Waals surface area contributed by atoms with Crippen LogP contribution in [-0.2, 0) is 4.79 Å². The first-order chi connectivity index (χ1) is 9.06. The molecule has 1 aromatic rings. The Kier molecular flexibility index (Phi) is 4.46. The van der Waals surface area contributed by atoms with E-state index in [1.54, 1.807) is 0 Å². The average Bonchev–Trinajstić information content (AvgIpc) is 3.19. The van der Waals surface area contributed by atoms with Crippen LogP contribution in [0.1, 0.15) is 32.3 Å².